The van der Waals surface area contributed by atoms with Gasteiger partial charge in [0.25, 0.3) is 5.91 Å². The molecule has 0 unspecified atom stereocenters. The van der Waals surface area contributed by atoms with Crippen LogP contribution in [0.4, 0.5) is 8.78 Å². The molecule has 27 heavy (non-hydrogen) atoms. The van der Waals surface area contributed by atoms with Gasteiger partial charge in [-0.05, 0) is 31.0 Å². The molecule has 1 saturated heterocycles. The minimum Gasteiger partial charge on any atom is -0.341 e. The van der Waals surface area contributed by atoms with Crippen molar-refractivity contribution in [3.05, 3.63) is 70.8 Å². The van der Waals surface area contributed by atoms with Crippen LogP contribution in [-0.4, -0.2) is 47.8 Å². The van der Waals surface area contributed by atoms with Gasteiger partial charge >= 0.3 is 0 Å². The van der Waals surface area contributed by atoms with Crippen LogP contribution in [0, 0.1) is 18.6 Å². The SMILES string of the molecule is Cc1ccc(CC(=O)N2CCCN(C(=O)c3ccc(F)cc3F)CC2)cc1. The van der Waals surface area contributed by atoms with Crippen molar-refractivity contribution in [2.45, 2.75) is 19.8 Å². The minimum absolute atomic E-state index is 0.0149. The largest absolute Gasteiger partial charge is 0.341 e. The molecule has 0 saturated carbocycles. The lowest BCUT2D eigenvalue weighted by atomic mass is 10.1. The van der Waals surface area contributed by atoms with Crippen LogP contribution in [0.2, 0.25) is 0 Å². The third-order valence-corrected chi connectivity index (χ3v) is 4.77. The third kappa shape index (κ3) is 4.70. The lowest BCUT2D eigenvalue weighted by molar-refractivity contribution is -0.130. The van der Waals surface area contributed by atoms with E-state index in [2.05, 4.69) is 0 Å². The molecule has 142 valence electrons. The first-order chi connectivity index (χ1) is 12.9. The maximum absolute atomic E-state index is 13.9. The van der Waals surface area contributed by atoms with Crippen LogP contribution in [-0.2, 0) is 11.2 Å². The Kier molecular flexibility index (Phi) is 5.84. The highest BCUT2D eigenvalue weighted by Gasteiger charge is 2.24. The van der Waals surface area contributed by atoms with Gasteiger partial charge in [0.2, 0.25) is 5.91 Å². The quantitative estimate of drug-likeness (QED) is 0.830. The molecule has 1 fully saturated rings. The minimum atomic E-state index is -0.864. The van der Waals surface area contributed by atoms with E-state index in [1.165, 1.54) is 4.90 Å². The van der Waals surface area contributed by atoms with Crippen LogP contribution in [0.3, 0.4) is 0 Å². The van der Waals surface area contributed by atoms with Crippen molar-refractivity contribution in [1.82, 2.24) is 9.80 Å². The van der Waals surface area contributed by atoms with E-state index < -0.39 is 17.5 Å². The second kappa shape index (κ2) is 8.29. The van der Waals surface area contributed by atoms with E-state index in [9.17, 15) is 18.4 Å². The Bertz CT molecular complexity index is 837. The molecule has 0 aliphatic carbocycles. The van der Waals surface area contributed by atoms with E-state index in [1.54, 1.807) is 4.90 Å². The molecule has 0 bridgehead atoms. The molecule has 0 aromatic heterocycles. The molecular formula is C21H22F2N2O2. The van der Waals surface area contributed by atoms with E-state index >= 15 is 0 Å². The Morgan fingerprint density at radius 2 is 1.59 bits per heavy atom. The van der Waals surface area contributed by atoms with Gasteiger partial charge < -0.3 is 9.80 Å². The van der Waals surface area contributed by atoms with E-state index in [0.717, 1.165) is 23.3 Å². The van der Waals surface area contributed by atoms with Gasteiger partial charge in [-0.3, -0.25) is 9.59 Å². The average Bonchev–Trinajstić information content (AvgIpc) is 2.89. The van der Waals surface area contributed by atoms with Gasteiger partial charge in [0.05, 0.1) is 12.0 Å². The Morgan fingerprint density at radius 3 is 2.30 bits per heavy atom. The monoisotopic (exact) mass is 372 g/mol. The molecular weight excluding hydrogens is 350 g/mol. The second-order valence-corrected chi connectivity index (χ2v) is 6.81. The van der Waals surface area contributed by atoms with Crippen LogP contribution in [0.5, 0.6) is 0 Å². The fraction of sp³-hybridized carbons (Fsp3) is 0.333. The van der Waals surface area contributed by atoms with Gasteiger partial charge in [0.15, 0.2) is 0 Å². The first kappa shape index (κ1) is 19.0. The molecule has 1 aliphatic rings. The summed E-state index contributed by atoms with van der Waals surface area (Å²) in [7, 11) is 0. The van der Waals surface area contributed by atoms with E-state index in [1.807, 2.05) is 31.2 Å². The molecule has 3 rings (SSSR count). The van der Waals surface area contributed by atoms with Gasteiger partial charge in [-0.2, -0.15) is 0 Å². The van der Waals surface area contributed by atoms with Crippen molar-refractivity contribution in [3.63, 3.8) is 0 Å². The zero-order valence-corrected chi connectivity index (χ0v) is 15.3. The number of carbonyl (C=O) groups excluding carboxylic acids is 2. The maximum atomic E-state index is 13.9. The third-order valence-electron chi connectivity index (χ3n) is 4.77. The zero-order valence-electron chi connectivity index (χ0n) is 15.3. The predicted octanol–water partition coefficient (Wildman–Crippen LogP) is 3.19. The number of carbonyl (C=O) groups is 2. The highest BCUT2D eigenvalue weighted by Crippen LogP contribution is 2.15. The molecule has 0 spiro atoms. The normalized spacial score (nSPS) is 14.8. The van der Waals surface area contributed by atoms with Crippen LogP contribution < -0.4 is 0 Å². The smallest absolute Gasteiger partial charge is 0.256 e. The summed E-state index contributed by atoms with van der Waals surface area (Å²) in [6.45, 7) is 3.72. The van der Waals surface area contributed by atoms with Crippen molar-refractivity contribution in [2.24, 2.45) is 0 Å². The molecule has 1 heterocycles. The number of amides is 2. The topological polar surface area (TPSA) is 40.6 Å². The molecule has 0 atom stereocenters. The van der Waals surface area contributed by atoms with Gasteiger partial charge in [-0.25, -0.2) is 8.78 Å². The average molecular weight is 372 g/mol. The van der Waals surface area contributed by atoms with Crippen LogP contribution in [0.25, 0.3) is 0 Å². The standard InChI is InChI=1S/C21H22F2N2O2/c1-15-3-5-16(6-4-15)13-20(26)24-9-2-10-25(12-11-24)21(27)18-8-7-17(22)14-19(18)23/h3-8,14H,2,9-13H2,1H3. The maximum Gasteiger partial charge on any atom is 0.256 e. The molecule has 2 aromatic carbocycles. The van der Waals surface area contributed by atoms with Gasteiger partial charge in [-0.15, -0.1) is 0 Å². The van der Waals surface area contributed by atoms with E-state index in [-0.39, 0.29) is 11.5 Å². The van der Waals surface area contributed by atoms with Crippen molar-refractivity contribution in [1.29, 1.82) is 0 Å². The highest BCUT2D eigenvalue weighted by atomic mass is 19.1. The lowest BCUT2D eigenvalue weighted by Crippen LogP contribution is -2.38. The number of nitrogens with zero attached hydrogens (tertiary/aromatic N) is 2. The van der Waals surface area contributed by atoms with Crippen LogP contribution in [0.1, 0.15) is 27.9 Å². The summed E-state index contributed by atoms with van der Waals surface area (Å²) in [4.78, 5) is 28.4. The fourth-order valence-electron chi connectivity index (χ4n) is 3.20. The predicted molar refractivity (Wildman–Crippen MR) is 98.3 cm³/mol. The Hall–Kier alpha value is -2.76. The Balaban J connectivity index is 1.62. The number of benzene rings is 2. The highest BCUT2D eigenvalue weighted by molar-refractivity contribution is 5.94. The zero-order chi connectivity index (χ0) is 19.4. The summed E-state index contributed by atoms with van der Waals surface area (Å²) in [5.41, 5.74) is 1.95. The number of hydrogen-bond acceptors (Lipinski definition) is 2. The van der Waals surface area contributed by atoms with Gasteiger partial charge in [0.1, 0.15) is 11.6 Å². The first-order valence-electron chi connectivity index (χ1n) is 9.01. The summed E-state index contributed by atoms with van der Waals surface area (Å²) >= 11 is 0. The Labute approximate surface area is 157 Å². The summed E-state index contributed by atoms with van der Waals surface area (Å²) in [5, 5.41) is 0. The second-order valence-electron chi connectivity index (χ2n) is 6.81. The van der Waals surface area contributed by atoms with Crippen LogP contribution >= 0.6 is 0 Å². The van der Waals surface area contributed by atoms with E-state index in [4.69, 9.17) is 0 Å². The molecule has 4 nitrogen and oxygen atoms in total. The van der Waals surface area contributed by atoms with Gasteiger partial charge in [-0.1, -0.05) is 29.8 Å². The van der Waals surface area contributed by atoms with Crippen LogP contribution in [0.15, 0.2) is 42.5 Å². The first-order valence-corrected chi connectivity index (χ1v) is 9.01. The molecule has 6 heteroatoms. The summed E-state index contributed by atoms with van der Waals surface area (Å²) < 4.78 is 26.9. The number of halogens is 2. The van der Waals surface area contributed by atoms with Crippen molar-refractivity contribution >= 4 is 11.8 Å². The lowest BCUT2D eigenvalue weighted by Gasteiger charge is -2.22. The molecule has 0 radical (unpaired) electrons. The molecule has 2 amide bonds. The fourth-order valence-corrected chi connectivity index (χ4v) is 3.20. The molecule has 1 aliphatic heterocycles. The Morgan fingerprint density at radius 1 is 0.926 bits per heavy atom. The summed E-state index contributed by atoms with van der Waals surface area (Å²) in [6.07, 6.45) is 0.939. The molecule has 0 N–H and O–H groups in total. The van der Waals surface area contributed by atoms with Crippen molar-refractivity contribution in [2.75, 3.05) is 26.2 Å². The van der Waals surface area contributed by atoms with Crippen molar-refractivity contribution in [3.8, 4) is 0 Å². The number of rotatable bonds is 3. The molecule has 2 aromatic rings. The van der Waals surface area contributed by atoms with E-state index in [0.29, 0.717) is 45.1 Å². The number of aryl methyl sites for hydroxylation is 1. The van der Waals surface area contributed by atoms with Crippen molar-refractivity contribution < 1.29 is 18.4 Å². The van der Waals surface area contributed by atoms with Gasteiger partial charge in [0, 0.05) is 32.2 Å². The number of hydrogen-bond donors (Lipinski definition) is 0. The summed E-state index contributed by atoms with van der Waals surface area (Å²) in [6, 6.07) is 10.8. The summed E-state index contributed by atoms with van der Waals surface area (Å²) in [5.74, 6) is -2.04.